The molecule has 0 radical (unpaired) electrons. The average molecular weight is 286 g/mol. The lowest BCUT2D eigenvalue weighted by Crippen LogP contribution is -2.05. The van der Waals surface area contributed by atoms with Crippen LogP contribution in [0.5, 0.6) is 0 Å². The summed E-state index contributed by atoms with van der Waals surface area (Å²) in [6, 6.07) is 0. The molecule has 2 rings (SSSR count). The van der Waals surface area contributed by atoms with E-state index in [0.29, 0.717) is 6.42 Å². The standard InChI is InChI=1S/C6H8ClN3O4S2/c7-16(13,14)6-8-5(9-10-6)4-1-2-15(11,12)3-4/h4H,1-3H2,(H,8,9,10). The van der Waals surface area contributed by atoms with E-state index >= 15 is 0 Å². The highest BCUT2D eigenvalue weighted by atomic mass is 35.7. The molecule has 0 aromatic carbocycles. The first-order valence-electron chi connectivity index (χ1n) is 4.35. The summed E-state index contributed by atoms with van der Waals surface area (Å²) in [4.78, 5) is 3.68. The van der Waals surface area contributed by atoms with Crippen molar-refractivity contribution in [3.8, 4) is 0 Å². The van der Waals surface area contributed by atoms with Crippen molar-refractivity contribution in [1.29, 1.82) is 0 Å². The van der Waals surface area contributed by atoms with Crippen molar-refractivity contribution in [2.45, 2.75) is 17.5 Å². The minimum Gasteiger partial charge on any atom is -0.262 e. The van der Waals surface area contributed by atoms with E-state index in [1.165, 1.54) is 0 Å². The fourth-order valence-corrected chi connectivity index (χ4v) is 3.88. The number of hydrogen-bond acceptors (Lipinski definition) is 6. The van der Waals surface area contributed by atoms with E-state index in [1.54, 1.807) is 0 Å². The highest BCUT2D eigenvalue weighted by Crippen LogP contribution is 2.26. The van der Waals surface area contributed by atoms with E-state index in [2.05, 4.69) is 15.2 Å². The molecule has 1 aliphatic rings. The van der Waals surface area contributed by atoms with Crippen LogP contribution in [0, 0.1) is 0 Å². The van der Waals surface area contributed by atoms with E-state index in [9.17, 15) is 16.8 Å². The Kier molecular flexibility index (Phi) is 2.71. The minimum atomic E-state index is -3.97. The summed E-state index contributed by atoms with van der Waals surface area (Å²) in [5.41, 5.74) is 0. The highest BCUT2D eigenvalue weighted by Gasteiger charge is 2.32. The fraction of sp³-hybridized carbons (Fsp3) is 0.667. The SMILES string of the molecule is O=S1(=O)CCC(c2nc(S(=O)(=O)Cl)n[nH]2)C1. The summed E-state index contributed by atoms with van der Waals surface area (Å²) in [7, 11) is -1.97. The zero-order chi connectivity index (χ0) is 12.0. The number of hydrogen-bond donors (Lipinski definition) is 1. The number of sulfone groups is 1. The van der Waals surface area contributed by atoms with Gasteiger partial charge in [-0.05, 0) is 6.42 Å². The Morgan fingerprint density at radius 2 is 2.12 bits per heavy atom. The van der Waals surface area contributed by atoms with Gasteiger partial charge in [-0.1, -0.05) is 0 Å². The van der Waals surface area contributed by atoms with E-state index < -0.39 is 24.0 Å². The largest absolute Gasteiger partial charge is 0.298 e. The third kappa shape index (κ3) is 2.36. The van der Waals surface area contributed by atoms with Crippen LogP contribution in [0.1, 0.15) is 18.2 Å². The molecule has 1 aliphatic heterocycles. The molecular formula is C6H8ClN3O4S2. The van der Waals surface area contributed by atoms with Gasteiger partial charge in [-0.15, -0.1) is 5.10 Å². The van der Waals surface area contributed by atoms with Crippen LogP contribution in [0.4, 0.5) is 0 Å². The van der Waals surface area contributed by atoms with Crippen molar-refractivity contribution in [2.75, 3.05) is 11.5 Å². The molecule has 0 amide bonds. The second-order valence-corrected chi connectivity index (χ2v) is 8.23. The van der Waals surface area contributed by atoms with Crippen LogP contribution in [-0.2, 0) is 18.9 Å². The minimum absolute atomic E-state index is 0.0377. The maximum absolute atomic E-state index is 11.2. The Morgan fingerprint density at radius 3 is 2.56 bits per heavy atom. The van der Waals surface area contributed by atoms with Crippen LogP contribution in [0.3, 0.4) is 0 Å². The lowest BCUT2D eigenvalue weighted by Gasteiger charge is -1.99. The first-order chi connectivity index (χ1) is 7.28. The molecular weight excluding hydrogens is 278 g/mol. The molecule has 1 atom stereocenters. The van der Waals surface area contributed by atoms with Crippen LogP contribution in [0.25, 0.3) is 0 Å². The Labute approximate surface area is 96.6 Å². The van der Waals surface area contributed by atoms with E-state index in [1.807, 2.05) is 0 Å². The van der Waals surface area contributed by atoms with Crippen molar-refractivity contribution in [2.24, 2.45) is 0 Å². The van der Waals surface area contributed by atoms with Crippen LogP contribution in [0.2, 0.25) is 0 Å². The van der Waals surface area contributed by atoms with Crippen molar-refractivity contribution in [1.82, 2.24) is 15.2 Å². The quantitative estimate of drug-likeness (QED) is 0.743. The number of aromatic amines is 1. The number of nitrogens with one attached hydrogen (secondary N) is 1. The van der Waals surface area contributed by atoms with Gasteiger partial charge in [0.1, 0.15) is 5.82 Å². The van der Waals surface area contributed by atoms with Crippen molar-refractivity contribution < 1.29 is 16.8 Å². The second-order valence-electron chi connectivity index (χ2n) is 3.54. The molecule has 7 nitrogen and oxygen atoms in total. The molecule has 1 saturated heterocycles. The summed E-state index contributed by atoms with van der Waals surface area (Å²) in [6.45, 7) is 0. The summed E-state index contributed by atoms with van der Waals surface area (Å²) >= 11 is 0. The van der Waals surface area contributed by atoms with E-state index in [-0.39, 0.29) is 23.2 Å². The smallest absolute Gasteiger partial charge is 0.262 e. The average Bonchev–Trinajstić information content (AvgIpc) is 2.68. The fourth-order valence-electron chi connectivity index (χ4n) is 1.56. The number of aromatic nitrogens is 3. The molecule has 2 heterocycles. The molecule has 0 spiro atoms. The van der Waals surface area contributed by atoms with Gasteiger partial charge in [0, 0.05) is 16.6 Å². The van der Waals surface area contributed by atoms with Crippen LogP contribution in [-0.4, -0.2) is 43.5 Å². The Bertz CT molecular complexity index is 605. The van der Waals surface area contributed by atoms with E-state index in [4.69, 9.17) is 10.7 Å². The molecule has 0 bridgehead atoms. The first-order valence-corrected chi connectivity index (χ1v) is 8.48. The van der Waals surface area contributed by atoms with Gasteiger partial charge in [0.25, 0.3) is 14.2 Å². The molecule has 1 unspecified atom stereocenters. The Balaban J connectivity index is 2.28. The predicted molar refractivity (Wildman–Crippen MR) is 55.4 cm³/mol. The number of halogens is 1. The zero-order valence-corrected chi connectivity index (χ0v) is 10.3. The van der Waals surface area contributed by atoms with Gasteiger partial charge in [0.05, 0.1) is 11.5 Å². The topological polar surface area (TPSA) is 110 Å². The van der Waals surface area contributed by atoms with Crippen molar-refractivity contribution >= 4 is 29.6 Å². The summed E-state index contributed by atoms with van der Waals surface area (Å²) in [5.74, 6) is -0.0318. The molecule has 16 heavy (non-hydrogen) atoms. The van der Waals surface area contributed by atoms with Crippen molar-refractivity contribution in [3.63, 3.8) is 0 Å². The molecule has 1 aromatic rings. The van der Waals surface area contributed by atoms with Gasteiger partial charge in [-0.25, -0.2) is 21.8 Å². The van der Waals surface area contributed by atoms with Crippen molar-refractivity contribution in [3.05, 3.63) is 5.82 Å². The highest BCUT2D eigenvalue weighted by molar-refractivity contribution is 8.13. The van der Waals surface area contributed by atoms with Gasteiger partial charge in [-0.2, -0.15) is 0 Å². The number of rotatable bonds is 2. The monoisotopic (exact) mass is 285 g/mol. The summed E-state index contributed by atoms with van der Waals surface area (Å²) in [6.07, 6.45) is 0.416. The first kappa shape index (κ1) is 11.8. The summed E-state index contributed by atoms with van der Waals surface area (Å²) in [5, 5.41) is 5.31. The number of nitrogens with zero attached hydrogens (tertiary/aromatic N) is 2. The summed E-state index contributed by atoms with van der Waals surface area (Å²) < 4.78 is 44.2. The molecule has 1 aromatic heterocycles. The molecule has 0 aliphatic carbocycles. The van der Waals surface area contributed by atoms with Gasteiger partial charge >= 0.3 is 0 Å². The van der Waals surface area contributed by atoms with E-state index in [0.717, 1.165) is 0 Å². The third-order valence-electron chi connectivity index (χ3n) is 2.32. The lowest BCUT2D eigenvalue weighted by atomic mass is 10.1. The Morgan fingerprint density at radius 1 is 1.44 bits per heavy atom. The third-order valence-corrected chi connectivity index (χ3v) is 5.12. The normalized spacial score (nSPS) is 24.7. The van der Waals surface area contributed by atoms with Crippen LogP contribution in [0.15, 0.2) is 5.16 Å². The Hall–Kier alpha value is -0.670. The van der Waals surface area contributed by atoms with Crippen LogP contribution >= 0.6 is 10.7 Å². The van der Waals surface area contributed by atoms with Crippen LogP contribution < -0.4 is 0 Å². The molecule has 1 N–H and O–H groups in total. The maximum Gasteiger partial charge on any atom is 0.298 e. The molecule has 90 valence electrons. The van der Waals surface area contributed by atoms with Gasteiger partial charge in [-0.3, -0.25) is 5.10 Å². The van der Waals surface area contributed by atoms with Gasteiger partial charge in [0.2, 0.25) is 0 Å². The lowest BCUT2D eigenvalue weighted by molar-refractivity contribution is 0.600. The zero-order valence-electron chi connectivity index (χ0n) is 7.92. The molecule has 10 heteroatoms. The van der Waals surface area contributed by atoms with Gasteiger partial charge < -0.3 is 0 Å². The number of H-pyrrole nitrogens is 1. The second kappa shape index (κ2) is 3.67. The maximum atomic E-state index is 11.2. The predicted octanol–water partition coefficient (Wildman–Crippen LogP) is -0.366. The van der Waals surface area contributed by atoms with Gasteiger partial charge in [0.15, 0.2) is 9.84 Å². The molecule has 0 saturated carbocycles. The molecule has 1 fully saturated rings.